The van der Waals surface area contributed by atoms with Crippen molar-refractivity contribution in [2.75, 3.05) is 11.6 Å². The van der Waals surface area contributed by atoms with Crippen LogP contribution in [0.25, 0.3) is 0 Å². The Kier molecular flexibility index (Phi) is 14.2. The Balaban J connectivity index is 1.80. The maximum atomic E-state index is 12.5. The van der Waals surface area contributed by atoms with Gasteiger partial charge in [0.05, 0.1) is 12.6 Å². The van der Waals surface area contributed by atoms with Crippen LogP contribution < -0.4 is 15.1 Å². The summed E-state index contributed by atoms with van der Waals surface area (Å²) in [6.07, 6.45) is 12.8. The van der Waals surface area contributed by atoms with Crippen molar-refractivity contribution in [3.63, 3.8) is 0 Å². The normalized spacial score (nSPS) is 10.8. The molecule has 0 aliphatic heterocycles. The number of nitrogens with zero attached hydrogens (tertiary/aromatic N) is 1. The molecule has 2 aromatic rings. The maximum absolute atomic E-state index is 12.5. The van der Waals surface area contributed by atoms with Crippen LogP contribution in [0.15, 0.2) is 48.5 Å². The molecular formula is C31H46N2O4. The van der Waals surface area contributed by atoms with Gasteiger partial charge in [0.2, 0.25) is 0 Å². The first-order chi connectivity index (χ1) is 17.9. The van der Waals surface area contributed by atoms with Gasteiger partial charge in [-0.15, -0.1) is 0 Å². The molecule has 0 radical (unpaired) electrons. The molecule has 37 heavy (non-hydrogen) atoms. The van der Waals surface area contributed by atoms with Gasteiger partial charge >= 0.3 is 5.97 Å². The van der Waals surface area contributed by atoms with Crippen LogP contribution in [0, 0.1) is 0 Å². The summed E-state index contributed by atoms with van der Waals surface area (Å²) in [6, 6.07) is 14.9. The lowest BCUT2D eigenvalue weighted by Crippen LogP contribution is -2.27. The van der Waals surface area contributed by atoms with E-state index >= 15 is 0 Å². The second-order valence-electron chi connectivity index (χ2n) is 9.89. The molecule has 2 rings (SSSR count). The fraction of sp³-hybridized carbons (Fsp3) is 0.548. The van der Waals surface area contributed by atoms with Crippen molar-refractivity contribution in [2.24, 2.45) is 0 Å². The van der Waals surface area contributed by atoms with Crippen LogP contribution in [0.5, 0.6) is 5.75 Å². The third kappa shape index (κ3) is 12.2. The Hall–Kier alpha value is -3.02. The second kappa shape index (κ2) is 17.4. The minimum atomic E-state index is -0.415. The van der Waals surface area contributed by atoms with Gasteiger partial charge in [0, 0.05) is 19.0 Å². The van der Waals surface area contributed by atoms with E-state index in [-0.39, 0.29) is 12.0 Å². The summed E-state index contributed by atoms with van der Waals surface area (Å²) in [5.74, 6) is 0.166. The van der Waals surface area contributed by atoms with E-state index in [0.717, 1.165) is 18.4 Å². The van der Waals surface area contributed by atoms with E-state index in [2.05, 4.69) is 12.2 Å². The van der Waals surface area contributed by atoms with Gasteiger partial charge < -0.3 is 14.9 Å². The lowest BCUT2D eigenvalue weighted by atomic mass is 10.1. The number of hydrogen-bond acceptors (Lipinski definition) is 5. The van der Waals surface area contributed by atoms with Crippen molar-refractivity contribution in [3.8, 4) is 5.75 Å². The number of carbonyl (C=O) groups is 2. The highest BCUT2D eigenvalue weighted by atomic mass is 16.7. The third-order valence-corrected chi connectivity index (χ3v) is 6.09. The van der Waals surface area contributed by atoms with Crippen molar-refractivity contribution >= 4 is 17.6 Å². The molecule has 0 bridgehead atoms. The topological polar surface area (TPSA) is 67.9 Å². The first kappa shape index (κ1) is 30.2. The van der Waals surface area contributed by atoms with Gasteiger partial charge in [0.25, 0.3) is 5.91 Å². The molecule has 0 saturated heterocycles. The number of unbranched alkanes of at least 4 members (excludes halogenated alkanes) is 9. The Morgan fingerprint density at radius 2 is 1.43 bits per heavy atom. The summed E-state index contributed by atoms with van der Waals surface area (Å²) in [5, 5.41) is 4.55. The van der Waals surface area contributed by atoms with Crippen LogP contribution in [0.4, 0.5) is 5.69 Å². The Bertz CT molecular complexity index is 927. The number of nitrogens with one attached hydrogen (secondary N) is 1. The first-order valence-corrected chi connectivity index (χ1v) is 14.0. The molecule has 1 N–H and O–H groups in total. The number of amides is 1. The summed E-state index contributed by atoms with van der Waals surface area (Å²) < 4.78 is 5.90. The fourth-order valence-corrected chi connectivity index (χ4v) is 4.18. The molecule has 6 heteroatoms. The van der Waals surface area contributed by atoms with E-state index in [0.29, 0.717) is 30.1 Å². The Labute approximate surface area is 223 Å². The SMILES string of the molecule is CCCCCCCCCCCCNC(=O)c1ccc(CN(OC(C)=O)c2ccccc2OC(C)C)cc1. The molecule has 1 amide bonds. The smallest absolute Gasteiger partial charge is 0.329 e. The molecule has 2 aromatic carbocycles. The van der Waals surface area contributed by atoms with Crippen molar-refractivity contribution < 1.29 is 19.2 Å². The molecule has 0 spiro atoms. The van der Waals surface area contributed by atoms with Gasteiger partial charge in [0.15, 0.2) is 0 Å². The Morgan fingerprint density at radius 1 is 0.838 bits per heavy atom. The van der Waals surface area contributed by atoms with Crippen LogP contribution in [0.3, 0.4) is 0 Å². The number of rotatable bonds is 18. The highest BCUT2D eigenvalue weighted by molar-refractivity contribution is 5.94. The predicted molar refractivity (Wildman–Crippen MR) is 151 cm³/mol. The monoisotopic (exact) mass is 510 g/mol. The van der Waals surface area contributed by atoms with Crippen molar-refractivity contribution in [1.82, 2.24) is 5.32 Å². The van der Waals surface area contributed by atoms with Gasteiger partial charge in [-0.1, -0.05) is 89.0 Å². The molecule has 0 unspecified atom stereocenters. The van der Waals surface area contributed by atoms with E-state index in [9.17, 15) is 9.59 Å². The average molecular weight is 511 g/mol. The number of anilines is 1. The predicted octanol–water partition coefficient (Wildman–Crippen LogP) is 7.61. The van der Waals surface area contributed by atoms with Gasteiger partial charge in [-0.3, -0.25) is 9.59 Å². The van der Waals surface area contributed by atoms with E-state index in [1.54, 1.807) is 0 Å². The zero-order chi connectivity index (χ0) is 26.9. The van der Waals surface area contributed by atoms with Gasteiger partial charge in [-0.25, -0.2) is 0 Å². The van der Waals surface area contributed by atoms with E-state index in [1.807, 2.05) is 62.4 Å². The van der Waals surface area contributed by atoms with E-state index < -0.39 is 5.97 Å². The molecule has 6 nitrogen and oxygen atoms in total. The van der Waals surface area contributed by atoms with Crippen LogP contribution in [0.2, 0.25) is 0 Å². The lowest BCUT2D eigenvalue weighted by molar-refractivity contribution is -0.142. The number of carbonyl (C=O) groups excluding carboxylic acids is 2. The number of para-hydroxylation sites is 2. The van der Waals surface area contributed by atoms with E-state index in [4.69, 9.17) is 9.57 Å². The first-order valence-electron chi connectivity index (χ1n) is 14.0. The zero-order valence-corrected chi connectivity index (χ0v) is 23.3. The standard InChI is InChI=1S/C31H46N2O4/c1-5-6-7-8-9-10-11-12-13-16-23-32-31(35)28-21-19-27(20-22-28)24-33(37-26(4)34)29-17-14-15-18-30(29)36-25(2)3/h14-15,17-22,25H,5-13,16,23-24H2,1-4H3,(H,32,35). The number of benzene rings is 2. The molecule has 0 atom stereocenters. The highest BCUT2D eigenvalue weighted by Gasteiger charge is 2.17. The Morgan fingerprint density at radius 3 is 2.03 bits per heavy atom. The van der Waals surface area contributed by atoms with Crippen molar-refractivity contribution in [2.45, 2.75) is 105 Å². The fourth-order valence-electron chi connectivity index (χ4n) is 4.18. The molecule has 204 valence electrons. The summed E-state index contributed by atoms with van der Waals surface area (Å²) in [6.45, 7) is 8.56. The minimum Gasteiger partial charge on any atom is -0.489 e. The molecule has 0 aliphatic carbocycles. The van der Waals surface area contributed by atoms with Crippen LogP contribution >= 0.6 is 0 Å². The lowest BCUT2D eigenvalue weighted by Gasteiger charge is -2.25. The summed E-state index contributed by atoms with van der Waals surface area (Å²) in [7, 11) is 0. The zero-order valence-electron chi connectivity index (χ0n) is 23.3. The number of ether oxygens (including phenoxy) is 1. The minimum absolute atomic E-state index is 0.0153. The largest absolute Gasteiger partial charge is 0.489 e. The molecule has 0 heterocycles. The summed E-state index contributed by atoms with van der Waals surface area (Å²) in [5.41, 5.74) is 2.20. The molecular weight excluding hydrogens is 464 g/mol. The summed E-state index contributed by atoms with van der Waals surface area (Å²) in [4.78, 5) is 29.8. The maximum Gasteiger partial charge on any atom is 0.329 e. The number of hydrogen-bond donors (Lipinski definition) is 1. The van der Waals surface area contributed by atoms with Crippen LogP contribution in [0.1, 0.15) is 108 Å². The van der Waals surface area contributed by atoms with Gasteiger partial charge in [-0.05, 0) is 50.1 Å². The molecule has 0 aliphatic rings. The summed E-state index contributed by atoms with van der Waals surface area (Å²) >= 11 is 0. The van der Waals surface area contributed by atoms with Crippen LogP contribution in [-0.2, 0) is 16.2 Å². The number of hydroxylamine groups is 1. The average Bonchev–Trinajstić information content (AvgIpc) is 2.87. The van der Waals surface area contributed by atoms with Gasteiger partial charge in [0.1, 0.15) is 11.4 Å². The molecule has 0 aromatic heterocycles. The van der Waals surface area contributed by atoms with Gasteiger partial charge in [-0.2, -0.15) is 5.06 Å². The molecule has 0 fully saturated rings. The second-order valence-corrected chi connectivity index (χ2v) is 9.89. The van der Waals surface area contributed by atoms with Crippen molar-refractivity contribution in [3.05, 3.63) is 59.7 Å². The van der Waals surface area contributed by atoms with Crippen LogP contribution in [-0.4, -0.2) is 24.5 Å². The quantitative estimate of drug-likeness (QED) is 0.165. The molecule has 0 saturated carbocycles. The highest BCUT2D eigenvalue weighted by Crippen LogP contribution is 2.30. The van der Waals surface area contributed by atoms with Crippen molar-refractivity contribution in [1.29, 1.82) is 0 Å². The van der Waals surface area contributed by atoms with E-state index in [1.165, 1.54) is 63.4 Å². The third-order valence-electron chi connectivity index (χ3n) is 6.09.